The van der Waals surface area contributed by atoms with Gasteiger partial charge in [-0.1, -0.05) is 0 Å². The summed E-state index contributed by atoms with van der Waals surface area (Å²) in [6.45, 7) is 4.53. The minimum Gasteiger partial charge on any atom is -1.00 e. The van der Waals surface area contributed by atoms with Gasteiger partial charge in [-0.2, -0.15) is 0 Å². The van der Waals surface area contributed by atoms with Crippen molar-refractivity contribution in [2.45, 2.75) is 39.5 Å². The maximum atomic E-state index is 2.46. The summed E-state index contributed by atoms with van der Waals surface area (Å²) in [6, 6.07) is 21.9. The van der Waals surface area contributed by atoms with E-state index in [0.29, 0.717) is 0 Å². The van der Waals surface area contributed by atoms with Gasteiger partial charge in [0.25, 0.3) is 0 Å². The smallest absolute Gasteiger partial charge is 1.00 e. The van der Waals surface area contributed by atoms with Gasteiger partial charge in [0.1, 0.15) is 0 Å². The molecule has 0 radical (unpaired) electrons. The van der Waals surface area contributed by atoms with E-state index in [0.717, 1.165) is 12.8 Å². The average Bonchev–Trinajstić information content (AvgIpc) is 3.41. The second kappa shape index (κ2) is 13.9. The minimum atomic E-state index is -1.04. The van der Waals surface area contributed by atoms with Crippen molar-refractivity contribution in [3.8, 4) is 0 Å². The van der Waals surface area contributed by atoms with E-state index in [1.807, 2.05) is 0 Å². The van der Waals surface area contributed by atoms with Gasteiger partial charge in [0, 0.05) is 0 Å². The van der Waals surface area contributed by atoms with E-state index in [1.54, 1.807) is 6.56 Å². The van der Waals surface area contributed by atoms with Crippen LogP contribution in [0.2, 0.25) is 0 Å². The first-order valence-corrected chi connectivity index (χ1v) is 13.9. The summed E-state index contributed by atoms with van der Waals surface area (Å²) in [6.07, 6.45) is 19.0. The van der Waals surface area contributed by atoms with Crippen molar-refractivity contribution < 1.29 is 48.0 Å². The summed E-state index contributed by atoms with van der Waals surface area (Å²) in [5.41, 5.74) is 8.51. The standard InChI is InChI=1S/2C15H15.2ClH.Zr/c2*1-2-3-7-13-10-11-15(12-13)14-8-5-4-6-9-14;;;/h2*4-11H,2-3H2,1H3;2*1H;/q;;;;+2/p-2. The third-order valence-corrected chi connectivity index (χ3v) is 9.67. The Balaban J connectivity index is 0.00000193. The van der Waals surface area contributed by atoms with Gasteiger partial charge in [-0.25, -0.2) is 0 Å². The molecule has 168 valence electrons. The Morgan fingerprint density at radius 2 is 0.970 bits per heavy atom. The third kappa shape index (κ3) is 6.69. The van der Waals surface area contributed by atoms with E-state index >= 15 is 0 Å². The van der Waals surface area contributed by atoms with Crippen LogP contribution in [0.5, 0.6) is 0 Å². The average molecular weight is 553 g/mol. The molecule has 0 aromatic heterocycles. The summed E-state index contributed by atoms with van der Waals surface area (Å²) >= 11 is -1.04. The van der Waals surface area contributed by atoms with Crippen molar-refractivity contribution in [3.05, 3.63) is 126 Å². The van der Waals surface area contributed by atoms with Gasteiger partial charge < -0.3 is 24.8 Å². The van der Waals surface area contributed by atoms with Crippen LogP contribution in [0.25, 0.3) is 11.1 Å². The molecule has 0 aliphatic heterocycles. The van der Waals surface area contributed by atoms with Gasteiger partial charge in [-0.15, -0.1) is 0 Å². The Bertz CT molecular complexity index is 1010. The summed E-state index contributed by atoms with van der Waals surface area (Å²) in [7, 11) is 0. The largest absolute Gasteiger partial charge is 1.00 e. The van der Waals surface area contributed by atoms with Crippen LogP contribution in [0, 0.1) is 0 Å². The van der Waals surface area contributed by atoms with Crippen molar-refractivity contribution in [2.24, 2.45) is 0 Å². The van der Waals surface area contributed by atoms with Gasteiger partial charge in [-0.05, 0) is 0 Å². The fourth-order valence-corrected chi connectivity index (χ4v) is 8.07. The molecule has 2 aromatic rings. The predicted octanol–water partition coefficient (Wildman–Crippen LogP) is 2.49. The van der Waals surface area contributed by atoms with Crippen LogP contribution >= 0.6 is 0 Å². The minimum absolute atomic E-state index is 0. The topological polar surface area (TPSA) is 0 Å². The normalized spacial score (nSPS) is 16.9. The Hall–Kier alpha value is -1.66. The van der Waals surface area contributed by atoms with Gasteiger partial charge in [-0.3, -0.25) is 0 Å². The molecular weight excluding hydrogens is 522 g/mol. The number of benzene rings is 2. The molecule has 0 saturated carbocycles. The summed E-state index contributed by atoms with van der Waals surface area (Å²) in [5, 5.41) is 0. The molecule has 0 heterocycles. The maximum Gasteiger partial charge on any atom is -1.00 e. The number of halogens is 2. The van der Waals surface area contributed by atoms with Crippen LogP contribution in [0.1, 0.15) is 50.7 Å². The van der Waals surface area contributed by atoms with Crippen LogP contribution < -0.4 is 24.8 Å². The van der Waals surface area contributed by atoms with E-state index in [4.69, 9.17) is 0 Å². The molecular formula is C30H30Cl2Zr. The molecule has 2 aliphatic carbocycles. The van der Waals surface area contributed by atoms with Crippen molar-refractivity contribution in [3.63, 3.8) is 0 Å². The van der Waals surface area contributed by atoms with Gasteiger partial charge in [0.2, 0.25) is 0 Å². The molecule has 0 unspecified atom stereocenters. The van der Waals surface area contributed by atoms with Crippen LogP contribution in [-0.4, -0.2) is 0 Å². The van der Waals surface area contributed by atoms with Crippen molar-refractivity contribution >= 4 is 11.1 Å². The predicted molar refractivity (Wildman–Crippen MR) is 131 cm³/mol. The fourth-order valence-electron chi connectivity index (χ4n) is 4.05. The number of hydrogen-bond donors (Lipinski definition) is 0. The van der Waals surface area contributed by atoms with Crippen molar-refractivity contribution in [2.75, 3.05) is 0 Å². The zero-order valence-electron chi connectivity index (χ0n) is 19.3. The molecule has 0 N–H and O–H groups in total. The SMILES string of the molecule is CCCC=C1C=CC(c2ccccc2)=[C]1[Zr+2][C]1=C(c2ccccc2)C=CC1=CCCC.[Cl-].[Cl-]. The Kier molecular flexibility index (Phi) is 11.6. The molecule has 0 saturated heterocycles. The maximum absolute atomic E-state index is 2.46. The van der Waals surface area contributed by atoms with E-state index in [-0.39, 0.29) is 24.8 Å². The van der Waals surface area contributed by atoms with E-state index in [9.17, 15) is 0 Å². The van der Waals surface area contributed by atoms with E-state index < -0.39 is 23.2 Å². The molecule has 0 atom stereocenters. The van der Waals surface area contributed by atoms with Gasteiger partial charge in [0.05, 0.1) is 0 Å². The Morgan fingerprint density at radius 3 is 1.33 bits per heavy atom. The molecule has 2 aliphatic rings. The Labute approximate surface area is 223 Å². The summed E-state index contributed by atoms with van der Waals surface area (Å²) < 4.78 is 3.25. The van der Waals surface area contributed by atoms with E-state index in [2.05, 4.69) is 111 Å². The molecule has 3 heteroatoms. The van der Waals surface area contributed by atoms with Crippen LogP contribution in [0.3, 0.4) is 0 Å². The molecule has 0 bridgehead atoms. The van der Waals surface area contributed by atoms with Crippen LogP contribution in [0.4, 0.5) is 0 Å². The zero-order chi connectivity index (χ0) is 21.5. The number of rotatable bonds is 8. The molecule has 4 rings (SSSR count). The van der Waals surface area contributed by atoms with Gasteiger partial charge in [0.15, 0.2) is 0 Å². The Morgan fingerprint density at radius 1 is 0.576 bits per heavy atom. The fraction of sp³-hybridized carbons (Fsp3) is 0.200. The number of unbranched alkanes of at least 4 members (excludes halogenated alkanes) is 2. The molecule has 0 fully saturated rings. The first-order chi connectivity index (χ1) is 15.3. The van der Waals surface area contributed by atoms with Crippen molar-refractivity contribution in [1.29, 1.82) is 0 Å². The van der Waals surface area contributed by atoms with E-state index in [1.165, 1.54) is 46.3 Å². The zero-order valence-corrected chi connectivity index (χ0v) is 23.3. The van der Waals surface area contributed by atoms with Crippen LogP contribution in [-0.2, 0) is 23.2 Å². The monoisotopic (exact) mass is 550 g/mol. The second-order valence-corrected chi connectivity index (χ2v) is 11.1. The van der Waals surface area contributed by atoms with Crippen molar-refractivity contribution in [1.82, 2.24) is 0 Å². The first-order valence-electron chi connectivity index (χ1n) is 11.5. The molecule has 2 aromatic carbocycles. The molecule has 0 spiro atoms. The molecule has 0 nitrogen and oxygen atoms in total. The molecule has 0 amide bonds. The second-order valence-electron chi connectivity index (χ2n) is 8.00. The summed E-state index contributed by atoms with van der Waals surface area (Å²) in [5.74, 6) is 0. The number of allylic oxidation sites excluding steroid dienone is 12. The first kappa shape index (κ1) is 27.6. The van der Waals surface area contributed by atoms with Gasteiger partial charge >= 0.3 is 200 Å². The molecule has 33 heavy (non-hydrogen) atoms. The summed E-state index contributed by atoms with van der Waals surface area (Å²) in [4.78, 5) is 0. The van der Waals surface area contributed by atoms with Crippen LogP contribution in [0.15, 0.2) is 115 Å². The number of hydrogen-bond acceptors (Lipinski definition) is 0. The quantitative estimate of drug-likeness (QED) is 0.472. The third-order valence-electron chi connectivity index (χ3n) is 5.70.